The van der Waals surface area contributed by atoms with Gasteiger partial charge in [0.05, 0.1) is 0 Å². The van der Waals surface area contributed by atoms with Gasteiger partial charge < -0.3 is 5.73 Å². The van der Waals surface area contributed by atoms with E-state index >= 15 is 0 Å². The van der Waals surface area contributed by atoms with Gasteiger partial charge in [-0.15, -0.1) is 12.4 Å². The molecule has 0 spiro atoms. The van der Waals surface area contributed by atoms with Crippen molar-refractivity contribution in [2.24, 2.45) is 5.73 Å². The third-order valence-corrected chi connectivity index (χ3v) is 1.40. The highest BCUT2D eigenvalue weighted by Gasteiger charge is 2.02. The number of carbonyl (C=O) groups is 1. The van der Waals surface area contributed by atoms with Crippen molar-refractivity contribution in [2.75, 3.05) is 0 Å². The van der Waals surface area contributed by atoms with E-state index in [-0.39, 0.29) is 24.9 Å². The van der Waals surface area contributed by atoms with E-state index in [0.717, 1.165) is 0 Å². The van der Waals surface area contributed by atoms with Crippen LogP contribution in [0.15, 0.2) is 24.5 Å². The van der Waals surface area contributed by atoms with Gasteiger partial charge in [-0.25, -0.2) is 0 Å². The summed E-state index contributed by atoms with van der Waals surface area (Å²) in [6.07, 6.45) is 3.67. The third kappa shape index (κ3) is 3.34. The first-order valence-corrected chi connectivity index (χ1v) is 3.42. The number of aryl methyl sites for hydroxylation is 1. The number of aromatic nitrogens is 1. The van der Waals surface area contributed by atoms with Crippen molar-refractivity contribution in [3.63, 3.8) is 0 Å². The highest BCUT2D eigenvalue weighted by atomic mass is 35.5. The van der Waals surface area contributed by atoms with Crippen LogP contribution in [0.1, 0.15) is 5.56 Å². The molecule has 1 rings (SSSR count). The van der Waals surface area contributed by atoms with Crippen LogP contribution in [0.3, 0.4) is 0 Å². The minimum absolute atomic E-state index is 0. The Labute approximate surface area is 77.6 Å². The predicted molar refractivity (Wildman–Crippen MR) is 47.8 cm³/mol. The van der Waals surface area contributed by atoms with E-state index in [0.29, 0.717) is 0 Å². The van der Waals surface area contributed by atoms with Gasteiger partial charge in [0.2, 0.25) is 6.54 Å². The molecular formula is C8H12ClN2O+. The first-order valence-electron chi connectivity index (χ1n) is 3.42. The van der Waals surface area contributed by atoms with Crippen LogP contribution >= 0.6 is 12.4 Å². The molecule has 0 fully saturated rings. The lowest BCUT2D eigenvalue weighted by molar-refractivity contribution is -0.684. The first-order chi connectivity index (χ1) is 5.18. The van der Waals surface area contributed by atoms with Crippen molar-refractivity contribution in [3.8, 4) is 0 Å². The Bertz CT molecular complexity index is 258. The highest BCUT2D eigenvalue weighted by molar-refractivity contribution is 5.85. The Kier molecular flexibility index (Phi) is 4.29. The van der Waals surface area contributed by atoms with E-state index in [1.165, 1.54) is 5.56 Å². The van der Waals surface area contributed by atoms with Crippen LogP contribution in [-0.4, -0.2) is 5.91 Å². The highest BCUT2D eigenvalue weighted by Crippen LogP contribution is 1.88. The van der Waals surface area contributed by atoms with Crippen molar-refractivity contribution in [1.29, 1.82) is 0 Å². The molecule has 0 bridgehead atoms. The number of amides is 1. The molecule has 1 aromatic rings. The van der Waals surface area contributed by atoms with Crippen LogP contribution in [0.5, 0.6) is 0 Å². The molecule has 1 heterocycles. The van der Waals surface area contributed by atoms with Crippen molar-refractivity contribution in [3.05, 3.63) is 30.1 Å². The second-order valence-electron chi connectivity index (χ2n) is 2.51. The third-order valence-electron chi connectivity index (χ3n) is 1.40. The lowest BCUT2D eigenvalue weighted by Gasteiger charge is -1.91. The molecule has 0 atom stereocenters. The molecule has 0 unspecified atom stereocenters. The lowest BCUT2D eigenvalue weighted by atomic mass is 10.3. The van der Waals surface area contributed by atoms with Gasteiger partial charge in [0.1, 0.15) is 0 Å². The molecular weight excluding hydrogens is 176 g/mol. The molecule has 0 aliphatic rings. The fraction of sp³-hybridized carbons (Fsp3) is 0.250. The number of primary amides is 1. The zero-order valence-corrected chi connectivity index (χ0v) is 7.67. The first kappa shape index (κ1) is 10.9. The van der Waals surface area contributed by atoms with Gasteiger partial charge in [-0.2, -0.15) is 4.57 Å². The van der Waals surface area contributed by atoms with Crippen molar-refractivity contribution >= 4 is 18.3 Å². The summed E-state index contributed by atoms with van der Waals surface area (Å²) in [7, 11) is 0. The number of halogens is 1. The molecule has 3 nitrogen and oxygen atoms in total. The monoisotopic (exact) mass is 187 g/mol. The van der Waals surface area contributed by atoms with Gasteiger partial charge in [-0.3, -0.25) is 4.79 Å². The maximum atomic E-state index is 10.5. The van der Waals surface area contributed by atoms with Gasteiger partial charge in [0.25, 0.3) is 5.91 Å². The summed E-state index contributed by atoms with van der Waals surface area (Å²) in [5, 5.41) is 0. The minimum Gasteiger partial charge on any atom is -0.364 e. The standard InChI is InChI=1S/C8H10N2O.ClH/c1-7-2-4-10(5-3-7)6-8(9)11;/h2-5H,6H2,1H3,(H-,9,11);1H/p+1. The quantitative estimate of drug-likeness (QED) is 0.661. The summed E-state index contributed by atoms with van der Waals surface area (Å²) in [5.74, 6) is -0.321. The number of carbonyl (C=O) groups excluding carboxylic acids is 1. The lowest BCUT2D eigenvalue weighted by Crippen LogP contribution is -2.39. The van der Waals surface area contributed by atoms with E-state index in [4.69, 9.17) is 5.73 Å². The summed E-state index contributed by atoms with van der Waals surface area (Å²) >= 11 is 0. The van der Waals surface area contributed by atoms with E-state index in [2.05, 4.69) is 0 Å². The number of pyridine rings is 1. The maximum absolute atomic E-state index is 10.5. The second kappa shape index (κ2) is 4.72. The van der Waals surface area contributed by atoms with Crippen molar-refractivity contribution in [2.45, 2.75) is 13.5 Å². The van der Waals surface area contributed by atoms with E-state index in [1.807, 2.05) is 31.5 Å². The summed E-state index contributed by atoms with van der Waals surface area (Å²) in [4.78, 5) is 10.5. The van der Waals surface area contributed by atoms with Gasteiger partial charge in [-0.1, -0.05) is 0 Å². The molecule has 0 aromatic carbocycles. The largest absolute Gasteiger partial charge is 0.364 e. The van der Waals surface area contributed by atoms with Gasteiger partial charge in [0.15, 0.2) is 12.4 Å². The van der Waals surface area contributed by atoms with Gasteiger partial charge in [-0.05, 0) is 12.5 Å². The van der Waals surface area contributed by atoms with Crippen molar-refractivity contribution in [1.82, 2.24) is 0 Å². The molecule has 0 saturated carbocycles. The second-order valence-corrected chi connectivity index (χ2v) is 2.51. The minimum atomic E-state index is -0.321. The Balaban J connectivity index is 0.00000121. The van der Waals surface area contributed by atoms with Crippen LogP contribution in [0.4, 0.5) is 0 Å². The number of nitrogens with two attached hydrogens (primary N) is 1. The van der Waals surface area contributed by atoms with E-state index in [9.17, 15) is 4.79 Å². The molecule has 4 heteroatoms. The molecule has 66 valence electrons. The summed E-state index contributed by atoms with van der Waals surface area (Å²) in [6.45, 7) is 2.24. The number of hydrogen-bond donors (Lipinski definition) is 1. The predicted octanol–water partition coefficient (Wildman–Crippen LogP) is 0.190. The Morgan fingerprint density at radius 3 is 2.42 bits per heavy atom. The average Bonchev–Trinajstić information content (AvgIpc) is 1.93. The van der Waals surface area contributed by atoms with Crippen LogP contribution in [0.25, 0.3) is 0 Å². The fourth-order valence-corrected chi connectivity index (χ4v) is 0.817. The fourth-order valence-electron chi connectivity index (χ4n) is 0.817. The molecule has 2 N–H and O–H groups in total. The summed E-state index contributed by atoms with van der Waals surface area (Å²) in [6, 6.07) is 3.87. The summed E-state index contributed by atoms with van der Waals surface area (Å²) < 4.78 is 1.75. The molecule has 1 aromatic heterocycles. The zero-order chi connectivity index (χ0) is 8.27. The van der Waals surface area contributed by atoms with Crippen LogP contribution in [0.2, 0.25) is 0 Å². The summed E-state index contributed by atoms with van der Waals surface area (Å²) in [5.41, 5.74) is 6.17. The van der Waals surface area contributed by atoms with Crippen LogP contribution in [-0.2, 0) is 11.3 Å². The molecule has 0 aliphatic carbocycles. The topological polar surface area (TPSA) is 47.0 Å². The number of rotatable bonds is 2. The molecule has 0 saturated heterocycles. The molecule has 12 heavy (non-hydrogen) atoms. The van der Waals surface area contributed by atoms with Gasteiger partial charge in [0, 0.05) is 12.1 Å². The maximum Gasteiger partial charge on any atom is 0.283 e. The van der Waals surface area contributed by atoms with E-state index < -0.39 is 0 Å². The SMILES string of the molecule is Cc1cc[n+](CC(N)=O)cc1.Cl. The zero-order valence-electron chi connectivity index (χ0n) is 6.86. The normalized spacial score (nSPS) is 8.75. The molecule has 0 radical (unpaired) electrons. The number of hydrogen-bond acceptors (Lipinski definition) is 1. The van der Waals surface area contributed by atoms with Crippen molar-refractivity contribution < 1.29 is 9.36 Å². The Hall–Kier alpha value is -1.09. The Morgan fingerprint density at radius 1 is 1.50 bits per heavy atom. The van der Waals surface area contributed by atoms with Crippen LogP contribution in [0, 0.1) is 6.92 Å². The average molecular weight is 188 g/mol. The number of nitrogens with zero attached hydrogens (tertiary/aromatic N) is 1. The van der Waals surface area contributed by atoms with Gasteiger partial charge >= 0.3 is 0 Å². The van der Waals surface area contributed by atoms with Crippen LogP contribution < -0.4 is 10.3 Å². The smallest absolute Gasteiger partial charge is 0.283 e. The van der Waals surface area contributed by atoms with E-state index in [1.54, 1.807) is 4.57 Å². The Morgan fingerprint density at radius 2 is 2.00 bits per heavy atom. The molecule has 0 aliphatic heterocycles. The molecule has 1 amide bonds.